The van der Waals surface area contributed by atoms with Gasteiger partial charge in [0, 0.05) is 73.7 Å². The number of nitrogens with zero attached hydrogens (tertiary/aromatic N) is 6. The number of benzene rings is 2. The number of unbranched alkanes of at least 4 members (excludes halogenated alkanes) is 2. The molecule has 4 fully saturated rings. The number of rotatable bonds is 21. The zero-order chi connectivity index (χ0) is 54.5. The summed E-state index contributed by atoms with van der Waals surface area (Å²) in [6.07, 6.45) is 11.3. The SMILES string of the molecule is Cc1c(-c2ccc(N3CCc4cccc(C(=O)Nc5nc6ccccc6s5)c4C3)nc2C(=O)O)cnn1CC12CC3(C)CC(C)(C1)CC(OCCNC(=O)[C@H](CS(=O)(=O)O)NC(=O)CCCCCN1C(=O)C=CC1=O)(C3)C2. The van der Waals surface area contributed by atoms with Gasteiger partial charge < -0.3 is 25.4 Å². The molecule has 2 aliphatic heterocycles. The average molecular weight is 1090 g/mol. The smallest absolute Gasteiger partial charge is 0.355 e. The van der Waals surface area contributed by atoms with Gasteiger partial charge in [-0.25, -0.2) is 14.8 Å². The second-order valence-electron chi connectivity index (χ2n) is 22.6. The average Bonchev–Trinajstić information content (AvgIpc) is 4.17. The summed E-state index contributed by atoms with van der Waals surface area (Å²) in [5, 5.41) is 24.2. The summed E-state index contributed by atoms with van der Waals surface area (Å²) in [5.41, 5.74) is 4.21. The number of ether oxygens (including phenoxy) is 1. The van der Waals surface area contributed by atoms with E-state index in [2.05, 4.69) is 34.8 Å². The highest BCUT2D eigenvalue weighted by atomic mass is 32.2. The Morgan fingerprint density at radius 3 is 2.36 bits per heavy atom. The monoisotopic (exact) mass is 1090 g/mol. The molecule has 5 amide bonds. The van der Waals surface area contributed by atoms with Crippen molar-refractivity contribution in [2.75, 3.05) is 42.2 Å². The normalized spacial score (nSPS) is 23.8. The Bertz CT molecular complexity index is 3280. The van der Waals surface area contributed by atoms with Crippen LogP contribution in [0.15, 0.2) is 72.9 Å². The predicted octanol–water partition coefficient (Wildman–Crippen LogP) is 6.49. The lowest BCUT2D eigenvalue weighted by Gasteiger charge is -2.69. The molecular formula is C55H63N9O11S2. The second kappa shape index (κ2) is 20.8. The molecule has 4 saturated carbocycles. The van der Waals surface area contributed by atoms with Crippen LogP contribution in [0.25, 0.3) is 21.3 Å². The number of pyridine rings is 1. The summed E-state index contributed by atoms with van der Waals surface area (Å²) in [4.78, 5) is 88.9. The van der Waals surface area contributed by atoms with E-state index in [1.807, 2.05) is 59.0 Å². The molecular weight excluding hydrogens is 1030 g/mol. The van der Waals surface area contributed by atoms with Gasteiger partial charge in [0.25, 0.3) is 27.8 Å². The summed E-state index contributed by atoms with van der Waals surface area (Å²) >= 11 is 1.41. The Kier molecular flexibility index (Phi) is 14.5. The van der Waals surface area contributed by atoms with Crippen molar-refractivity contribution >= 4 is 78.1 Å². The molecule has 0 spiro atoms. The van der Waals surface area contributed by atoms with E-state index in [1.165, 1.54) is 23.5 Å². The van der Waals surface area contributed by atoms with E-state index in [0.717, 1.165) is 70.5 Å². The van der Waals surface area contributed by atoms with Crippen LogP contribution in [0.2, 0.25) is 0 Å². The number of carbonyl (C=O) groups is 6. The molecule has 22 heteroatoms. The quantitative estimate of drug-likeness (QED) is 0.0299. The van der Waals surface area contributed by atoms with Crippen LogP contribution in [0.3, 0.4) is 0 Å². The highest BCUT2D eigenvalue weighted by Crippen LogP contribution is 2.72. The maximum atomic E-state index is 13.7. The van der Waals surface area contributed by atoms with Gasteiger partial charge in [0.05, 0.1) is 28.6 Å². The summed E-state index contributed by atoms with van der Waals surface area (Å²) < 4.78 is 43.2. The number of aromatic carboxylic acids is 1. The largest absolute Gasteiger partial charge is 0.476 e. The number of hydrogen-bond donors (Lipinski definition) is 5. The van der Waals surface area contributed by atoms with Gasteiger partial charge in [-0.1, -0.05) is 55.9 Å². The summed E-state index contributed by atoms with van der Waals surface area (Å²) in [5.74, 6) is -4.12. The third-order valence-electron chi connectivity index (χ3n) is 16.0. The number of carbonyl (C=O) groups excluding carboxylic acids is 5. The zero-order valence-corrected chi connectivity index (χ0v) is 44.9. The molecule has 77 heavy (non-hydrogen) atoms. The molecule has 2 aromatic carbocycles. The van der Waals surface area contributed by atoms with Crippen LogP contribution in [0.4, 0.5) is 10.9 Å². The van der Waals surface area contributed by atoms with Crippen molar-refractivity contribution < 1.29 is 51.6 Å². The summed E-state index contributed by atoms with van der Waals surface area (Å²) in [7, 11) is -4.65. The number of nitrogens with one attached hydrogen (secondary N) is 3. The first kappa shape index (κ1) is 53.5. The van der Waals surface area contributed by atoms with E-state index in [4.69, 9.17) is 14.8 Å². The number of aromatic nitrogens is 4. The van der Waals surface area contributed by atoms with E-state index in [0.29, 0.717) is 73.0 Å². The minimum Gasteiger partial charge on any atom is -0.476 e. The maximum absolute atomic E-state index is 13.7. The van der Waals surface area contributed by atoms with Crippen molar-refractivity contribution in [3.05, 3.63) is 101 Å². The number of imide groups is 1. The Morgan fingerprint density at radius 2 is 1.64 bits per heavy atom. The molecule has 4 bridgehead atoms. The van der Waals surface area contributed by atoms with E-state index in [-0.39, 0.29) is 65.8 Å². The Hall–Kier alpha value is -6.88. The Morgan fingerprint density at radius 1 is 0.883 bits per heavy atom. The van der Waals surface area contributed by atoms with Crippen LogP contribution < -0.4 is 20.9 Å². The Labute approximate surface area is 449 Å². The van der Waals surface area contributed by atoms with E-state index >= 15 is 0 Å². The highest BCUT2D eigenvalue weighted by Gasteiger charge is 2.66. The predicted molar refractivity (Wildman–Crippen MR) is 287 cm³/mol. The first-order valence-electron chi connectivity index (χ1n) is 26.1. The minimum atomic E-state index is -4.65. The lowest BCUT2D eigenvalue weighted by Crippen LogP contribution is -2.64. The van der Waals surface area contributed by atoms with Crippen LogP contribution >= 0.6 is 11.3 Å². The third kappa shape index (κ3) is 11.6. The van der Waals surface area contributed by atoms with Gasteiger partial charge in [0.1, 0.15) is 17.6 Å². The molecule has 2 unspecified atom stereocenters. The number of fused-ring (bicyclic) bond motifs is 2. The fraction of sp³-hybridized carbons (Fsp3) is 0.473. The molecule has 3 atom stereocenters. The molecule has 11 rings (SSSR count). The molecule has 5 N–H and O–H groups in total. The van der Waals surface area contributed by atoms with Crippen molar-refractivity contribution in [1.29, 1.82) is 0 Å². The maximum Gasteiger partial charge on any atom is 0.355 e. The van der Waals surface area contributed by atoms with Gasteiger partial charge in [0.15, 0.2) is 10.8 Å². The lowest BCUT2D eigenvalue weighted by atomic mass is 9.39. The van der Waals surface area contributed by atoms with Crippen molar-refractivity contribution in [1.82, 2.24) is 35.3 Å². The molecule has 6 aliphatic rings. The standard InChI is InChI=1S/C55H63N9O11S2/c1-34-38(36-15-16-43(60-47(36)50(70)71)62-22-19-35-10-9-11-37(39(35)25-62)48(68)61-51-59-40-12-6-7-13-42(40)76-51)24-57-64(34)33-54-28-52(2)27-53(3,29-54)31-55(30-52,32-54)75-23-20-56-49(69)41(26-77(72,73)74)58-44(65)14-5-4-8-21-63-45(66)17-18-46(63)67/h6-7,9-13,15-18,24,41H,4-5,8,14,19-23,25-33H2,1-3H3,(H,56,69)(H,58,65)(H,70,71)(H,59,61,68)(H,72,73,74)/t41-,52?,53?,54?,55?/m0/s1. The molecule has 5 heterocycles. The van der Waals surface area contributed by atoms with Crippen LogP contribution in [-0.4, -0.2) is 122 Å². The van der Waals surface area contributed by atoms with E-state index in [9.17, 15) is 46.8 Å². The van der Waals surface area contributed by atoms with Crippen LogP contribution in [-0.2, 0) is 53.5 Å². The fourth-order valence-electron chi connectivity index (χ4n) is 14.0. The molecule has 3 aromatic heterocycles. The summed E-state index contributed by atoms with van der Waals surface area (Å²) in [6, 6.07) is 15.5. The second-order valence-corrected chi connectivity index (χ2v) is 25.1. The molecule has 0 radical (unpaired) electrons. The van der Waals surface area contributed by atoms with Crippen molar-refractivity contribution in [2.24, 2.45) is 16.2 Å². The number of thiazole rings is 1. The zero-order valence-electron chi connectivity index (χ0n) is 43.3. The first-order chi connectivity index (χ1) is 36.6. The van der Waals surface area contributed by atoms with Crippen molar-refractivity contribution in [3.63, 3.8) is 0 Å². The number of amides is 5. The lowest BCUT2D eigenvalue weighted by molar-refractivity contribution is -0.247. The van der Waals surface area contributed by atoms with E-state index in [1.54, 1.807) is 18.3 Å². The van der Waals surface area contributed by atoms with Crippen molar-refractivity contribution in [3.8, 4) is 11.1 Å². The first-order valence-corrected chi connectivity index (χ1v) is 28.5. The van der Waals surface area contributed by atoms with Crippen LogP contribution in [0.5, 0.6) is 0 Å². The number of anilines is 2. The number of carboxylic acid groups (broad SMARTS) is 1. The topological polar surface area (TPSA) is 272 Å². The number of hydrogen-bond acceptors (Lipinski definition) is 14. The van der Waals surface area contributed by atoms with E-state index < -0.39 is 45.3 Å². The van der Waals surface area contributed by atoms with Gasteiger partial charge in [-0.15, -0.1) is 0 Å². The number of carboxylic acids is 1. The minimum absolute atomic E-state index is 0.0249. The van der Waals surface area contributed by atoms with Gasteiger partial charge in [-0.3, -0.25) is 43.4 Å². The molecule has 4 aliphatic carbocycles. The Balaban J connectivity index is 0.777. The molecule has 406 valence electrons. The number of para-hydroxylation sites is 1. The third-order valence-corrected chi connectivity index (χ3v) is 17.7. The summed E-state index contributed by atoms with van der Waals surface area (Å²) in [6.45, 7) is 8.43. The van der Waals surface area contributed by atoms with Crippen LogP contribution in [0.1, 0.15) is 116 Å². The molecule has 0 saturated heterocycles. The fourth-order valence-corrected chi connectivity index (χ4v) is 15.5. The van der Waals surface area contributed by atoms with Crippen molar-refractivity contribution in [2.45, 2.75) is 116 Å². The highest BCUT2D eigenvalue weighted by molar-refractivity contribution is 7.85. The van der Waals surface area contributed by atoms with Gasteiger partial charge >= 0.3 is 5.97 Å². The van der Waals surface area contributed by atoms with Gasteiger partial charge in [-0.05, 0) is 122 Å². The van der Waals surface area contributed by atoms with Crippen LogP contribution in [0, 0.1) is 23.2 Å². The van der Waals surface area contributed by atoms with Gasteiger partial charge in [0.2, 0.25) is 11.8 Å². The molecule has 5 aromatic rings. The van der Waals surface area contributed by atoms with Gasteiger partial charge in [-0.2, -0.15) is 13.5 Å². The molecule has 20 nitrogen and oxygen atoms in total.